The highest BCUT2D eigenvalue weighted by atomic mass is 127. The maximum Gasteiger partial charge on any atom is 0.116 e. The molecule has 0 saturated heterocycles. The first-order chi connectivity index (χ1) is 7.36. The Kier molecular flexibility index (Phi) is 2.56. The molecule has 0 fully saturated rings. The van der Waals surface area contributed by atoms with Gasteiger partial charge in [-0.1, -0.05) is 6.07 Å². The van der Waals surface area contributed by atoms with E-state index in [-0.39, 0.29) is 0 Å². The molecule has 2 aromatic heterocycles. The zero-order valence-electron chi connectivity index (χ0n) is 8.24. The fourth-order valence-electron chi connectivity index (χ4n) is 2.02. The summed E-state index contributed by atoms with van der Waals surface area (Å²) < 4.78 is 3.55. The topological polar surface area (TPSA) is 17.8 Å². The normalized spacial score (nSPS) is 15.3. The van der Waals surface area contributed by atoms with Crippen LogP contribution in [-0.2, 0) is 13.0 Å². The molecule has 3 rings (SSSR count). The smallest absolute Gasteiger partial charge is 0.116 e. The molecule has 0 aliphatic carbocycles. The Bertz CT molecular complexity index is 473. The van der Waals surface area contributed by atoms with Crippen molar-refractivity contribution >= 4 is 33.9 Å². The van der Waals surface area contributed by atoms with Crippen LogP contribution >= 0.6 is 33.9 Å². The summed E-state index contributed by atoms with van der Waals surface area (Å²) in [6.07, 6.45) is 3.77. The second-order valence-corrected chi connectivity index (χ2v) is 5.79. The maximum absolute atomic E-state index is 4.71. The Labute approximate surface area is 106 Å². The predicted molar refractivity (Wildman–Crippen MR) is 71.2 cm³/mol. The Hall–Kier alpha value is -0.360. The summed E-state index contributed by atoms with van der Waals surface area (Å²) in [5.74, 6) is 0. The number of halogens is 1. The lowest BCUT2D eigenvalue weighted by Crippen LogP contribution is -2.11. The number of thiophene rings is 1. The van der Waals surface area contributed by atoms with Gasteiger partial charge in [0.2, 0.25) is 0 Å². The van der Waals surface area contributed by atoms with Crippen LogP contribution < -0.4 is 0 Å². The molecule has 2 nitrogen and oxygen atoms in total. The third-order valence-electron chi connectivity index (χ3n) is 2.78. The summed E-state index contributed by atoms with van der Waals surface area (Å²) in [7, 11) is 0. The maximum atomic E-state index is 4.71. The molecule has 0 aromatic carbocycles. The predicted octanol–water partition coefficient (Wildman–Crippen LogP) is 3.55. The molecular weight excluding hydrogens is 319 g/mol. The van der Waals surface area contributed by atoms with Gasteiger partial charge in [-0.15, -0.1) is 11.3 Å². The fraction of sp³-hybridized carbons (Fsp3) is 0.364. The Morgan fingerprint density at radius 2 is 2.33 bits per heavy atom. The van der Waals surface area contributed by atoms with E-state index in [9.17, 15) is 0 Å². The molecule has 0 saturated carbocycles. The van der Waals surface area contributed by atoms with Gasteiger partial charge in [0, 0.05) is 6.54 Å². The van der Waals surface area contributed by atoms with Crippen LogP contribution in [0.5, 0.6) is 0 Å². The molecule has 0 spiro atoms. The minimum absolute atomic E-state index is 1.09. The molecule has 0 amide bonds. The zero-order chi connectivity index (χ0) is 10.3. The monoisotopic (exact) mass is 330 g/mol. The van der Waals surface area contributed by atoms with Gasteiger partial charge in [0.05, 0.1) is 14.1 Å². The Balaban J connectivity index is 2.13. The van der Waals surface area contributed by atoms with Crippen LogP contribution in [0.1, 0.15) is 18.5 Å². The minimum atomic E-state index is 1.09. The van der Waals surface area contributed by atoms with Crippen LogP contribution in [-0.4, -0.2) is 9.78 Å². The molecule has 15 heavy (non-hydrogen) atoms. The summed E-state index contributed by atoms with van der Waals surface area (Å²) in [6, 6.07) is 4.25. The first-order valence-corrected chi connectivity index (χ1v) is 7.11. The molecule has 0 radical (unpaired) electrons. The molecule has 3 heterocycles. The van der Waals surface area contributed by atoms with Gasteiger partial charge in [-0.3, -0.25) is 4.68 Å². The fourth-order valence-corrected chi connectivity index (χ4v) is 3.87. The molecule has 0 bridgehead atoms. The number of hydrogen-bond acceptors (Lipinski definition) is 2. The summed E-state index contributed by atoms with van der Waals surface area (Å²) in [6.45, 7) is 1.09. The van der Waals surface area contributed by atoms with Gasteiger partial charge in [0.1, 0.15) is 5.69 Å². The zero-order valence-corrected chi connectivity index (χ0v) is 11.2. The highest BCUT2D eigenvalue weighted by molar-refractivity contribution is 14.1. The van der Waals surface area contributed by atoms with Gasteiger partial charge in [-0.2, -0.15) is 5.10 Å². The van der Waals surface area contributed by atoms with E-state index in [0.717, 1.165) is 6.54 Å². The second-order valence-electron chi connectivity index (χ2n) is 3.77. The van der Waals surface area contributed by atoms with Gasteiger partial charge in [-0.05, 0) is 53.3 Å². The molecule has 2 aromatic rings. The van der Waals surface area contributed by atoms with Crippen molar-refractivity contribution in [1.29, 1.82) is 0 Å². The summed E-state index contributed by atoms with van der Waals surface area (Å²) in [5.41, 5.74) is 2.62. The molecule has 4 heteroatoms. The van der Waals surface area contributed by atoms with E-state index in [0.29, 0.717) is 0 Å². The summed E-state index contributed by atoms with van der Waals surface area (Å²) >= 11 is 4.22. The van der Waals surface area contributed by atoms with Crippen molar-refractivity contribution in [2.45, 2.75) is 25.8 Å². The molecule has 1 aliphatic rings. The van der Waals surface area contributed by atoms with Crippen molar-refractivity contribution in [3.63, 3.8) is 0 Å². The molecule has 0 unspecified atom stereocenters. The van der Waals surface area contributed by atoms with Gasteiger partial charge in [-0.25, -0.2) is 0 Å². The van der Waals surface area contributed by atoms with Crippen molar-refractivity contribution in [2.24, 2.45) is 0 Å². The van der Waals surface area contributed by atoms with Crippen molar-refractivity contribution in [2.75, 3.05) is 0 Å². The van der Waals surface area contributed by atoms with Gasteiger partial charge < -0.3 is 0 Å². The van der Waals surface area contributed by atoms with E-state index >= 15 is 0 Å². The van der Waals surface area contributed by atoms with Crippen LogP contribution in [0, 0.1) is 3.57 Å². The van der Waals surface area contributed by atoms with Crippen molar-refractivity contribution < 1.29 is 0 Å². The number of hydrogen-bond donors (Lipinski definition) is 0. The van der Waals surface area contributed by atoms with Crippen molar-refractivity contribution in [3.05, 3.63) is 26.8 Å². The van der Waals surface area contributed by atoms with E-state index in [1.54, 1.807) is 11.3 Å². The van der Waals surface area contributed by atoms with Crippen LogP contribution in [0.3, 0.4) is 0 Å². The third-order valence-corrected chi connectivity index (χ3v) is 4.79. The number of nitrogens with zero attached hydrogens (tertiary/aromatic N) is 2. The Morgan fingerprint density at radius 1 is 1.40 bits per heavy atom. The molecular formula is C11H11IN2S. The lowest BCUT2D eigenvalue weighted by molar-refractivity contribution is 0.486. The quantitative estimate of drug-likeness (QED) is 0.731. The number of rotatable bonds is 1. The lowest BCUT2D eigenvalue weighted by Gasteiger charge is -2.12. The molecule has 0 atom stereocenters. The summed E-state index contributed by atoms with van der Waals surface area (Å²) in [4.78, 5) is 1.29. The average molecular weight is 330 g/mol. The van der Waals surface area contributed by atoms with Gasteiger partial charge in [0.25, 0.3) is 0 Å². The van der Waals surface area contributed by atoms with Crippen LogP contribution in [0.25, 0.3) is 10.6 Å². The molecule has 0 N–H and O–H groups in total. The van der Waals surface area contributed by atoms with E-state index in [4.69, 9.17) is 5.10 Å². The first-order valence-electron chi connectivity index (χ1n) is 5.15. The molecule has 78 valence electrons. The second kappa shape index (κ2) is 3.90. The molecule has 1 aliphatic heterocycles. The van der Waals surface area contributed by atoms with Crippen molar-refractivity contribution in [1.82, 2.24) is 9.78 Å². The number of fused-ring (bicyclic) bond motifs is 1. The minimum Gasteiger partial charge on any atom is -0.268 e. The van der Waals surface area contributed by atoms with E-state index in [1.807, 2.05) is 0 Å². The summed E-state index contributed by atoms with van der Waals surface area (Å²) in [5, 5.41) is 6.83. The van der Waals surface area contributed by atoms with E-state index in [2.05, 4.69) is 44.8 Å². The van der Waals surface area contributed by atoms with Crippen molar-refractivity contribution in [3.8, 4) is 10.6 Å². The number of aromatic nitrogens is 2. The van der Waals surface area contributed by atoms with Gasteiger partial charge in [0.15, 0.2) is 0 Å². The number of aryl methyl sites for hydroxylation is 1. The Morgan fingerprint density at radius 3 is 3.07 bits per heavy atom. The van der Waals surface area contributed by atoms with E-state index < -0.39 is 0 Å². The lowest BCUT2D eigenvalue weighted by atomic mass is 10.1. The first kappa shape index (κ1) is 9.84. The van der Waals surface area contributed by atoms with Crippen LogP contribution in [0.15, 0.2) is 17.5 Å². The largest absolute Gasteiger partial charge is 0.268 e. The standard InChI is InChI=1S/C11H11IN2S/c12-10-8-4-1-2-6-14(8)13-11(10)9-5-3-7-15-9/h3,5,7H,1-2,4,6H2. The SMILES string of the molecule is Ic1c(-c2cccs2)nn2c1CCCC2. The highest BCUT2D eigenvalue weighted by Crippen LogP contribution is 2.32. The third kappa shape index (κ3) is 1.63. The average Bonchev–Trinajstić information content (AvgIpc) is 2.87. The van der Waals surface area contributed by atoms with Crippen LogP contribution in [0.4, 0.5) is 0 Å². The van der Waals surface area contributed by atoms with Gasteiger partial charge >= 0.3 is 0 Å². The van der Waals surface area contributed by atoms with E-state index in [1.165, 1.54) is 39.1 Å². The van der Waals surface area contributed by atoms with Crippen LogP contribution in [0.2, 0.25) is 0 Å². The highest BCUT2D eigenvalue weighted by Gasteiger charge is 2.19.